The Morgan fingerprint density at radius 3 is 2.46 bits per heavy atom. The number of thioether (sulfide) groups is 1. The number of nitrogens with zero attached hydrogens (tertiary/aromatic N) is 1. The lowest BCUT2D eigenvalue weighted by molar-refractivity contribution is -0.137. The number of hydrogen-bond acceptors (Lipinski definition) is 4. The number of aliphatic carboxylic acids is 1. The molecule has 0 atom stereocenters. The number of alkyl halides is 3. The first-order valence-corrected chi connectivity index (χ1v) is 9.22. The second-order valence-corrected chi connectivity index (χ2v) is 7.35. The Labute approximate surface area is 155 Å². The van der Waals surface area contributed by atoms with E-state index in [2.05, 4.69) is 4.98 Å². The minimum atomic E-state index is -4.39. The summed E-state index contributed by atoms with van der Waals surface area (Å²) in [5.74, 6) is -1.14. The van der Waals surface area contributed by atoms with Crippen LogP contribution < -0.4 is 0 Å². The highest BCUT2D eigenvalue weighted by atomic mass is 32.2. The third-order valence-electron chi connectivity index (χ3n) is 3.39. The fraction of sp³-hybridized carbons (Fsp3) is 0.111. The molecular weight excluding hydrogens is 383 g/mol. The van der Waals surface area contributed by atoms with Crippen molar-refractivity contribution in [3.63, 3.8) is 0 Å². The summed E-state index contributed by atoms with van der Waals surface area (Å²) in [6.45, 7) is 0. The molecule has 0 aliphatic rings. The summed E-state index contributed by atoms with van der Waals surface area (Å²) in [7, 11) is 0. The van der Waals surface area contributed by atoms with Crippen LogP contribution in [0.25, 0.3) is 21.2 Å². The quantitative estimate of drug-likeness (QED) is 0.608. The summed E-state index contributed by atoms with van der Waals surface area (Å²) in [5, 5.41) is 9.59. The Balaban J connectivity index is 1.97. The van der Waals surface area contributed by atoms with E-state index in [1.54, 1.807) is 6.08 Å². The molecule has 3 rings (SSSR count). The summed E-state index contributed by atoms with van der Waals surface area (Å²) in [6.07, 6.45) is -2.73. The van der Waals surface area contributed by atoms with Gasteiger partial charge in [0.05, 0.1) is 21.5 Å². The van der Waals surface area contributed by atoms with Crippen LogP contribution in [0.15, 0.2) is 48.5 Å². The van der Waals surface area contributed by atoms with E-state index in [0.29, 0.717) is 15.5 Å². The monoisotopic (exact) mass is 395 g/mol. The Morgan fingerprint density at radius 1 is 1.15 bits per heavy atom. The number of aromatic nitrogens is 1. The zero-order chi connectivity index (χ0) is 18.7. The molecule has 1 heterocycles. The van der Waals surface area contributed by atoms with Crippen molar-refractivity contribution in [2.75, 3.05) is 5.75 Å². The Bertz CT molecular complexity index is 929. The molecule has 134 valence electrons. The van der Waals surface area contributed by atoms with Crippen molar-refractivity contribution < 1.29 is 23.1 Å². The van der Waals surface area contributed by atoms with Crippen LogP contribution in [0, 0.1) is 0 Å². The lowest BCUT2D eigenvalue weighted by Crippen LogP contribution is -2.04. The molecule has 0 bridgehead atoms. The maximum Gasteiger partial charge on any atom is 0.416 e. The topological polar surface area (TPSA) is 50.2 Å². The van der Waals surface area contributed by atoms with Gasteiger partial charge >= 0.3 is 12.1 Å². The maximum absolute atomic E-state index is 12.7. The van der Waals surface area contributed by atoms with Crippen molar-refractivity contribution in [1.29, 1.82) is 0 Å². The molecule has 3 nitrogen and oxygen atoms in total. The number of rotatable bonds is 5. The molecule has 0 saturated heterocycles. The lowest BCUT2D eigenvalue weighted by atomic mass is 10.1. The standard InChI is InChI=1S/C18H12F3NO2S2/c19-18(20,21)12-7-5-11(6-8-12)9-15(25-10-16(23)24)17-22-13-3-1-2-4-14(13)26-17/h1-9H,10H2,(H,23,24)/b15-9-. The molecule has 0 radical (unpaired) electrons. The third kappa shape index (κ3) is 4.44. The molecule has 0 aliphatic heterocycles. The number of fused-ring (bicyclic) bond motifs is 1. The highest BCUT2D eigenvalue weighted by Gasteiger charge is 2.29. The fourth-order valence-corrected chi connectivity index (χ4v) is 4.05. The summed E-state index contributed by atoms with van der Waals surface area (Å²) < 4.78 is 39.0. The molecule has 0 amide bonds. The van der Waals surface area contributed by atoms with Crippen molar-refractivity contribution in [2.45, 2.75) is 6.18 Å². The fourth-order valence-electron chi connectivity index (χ4n) is 2.20. The van der Waals surface area contributed by atoms with Gasteiger partial charge in [-0.1, -0.05) is 24.3 Å². The van der Waals surface area contributed by atoms with Crippen LogP contribution in [0.3, 0.4) is 0 Å². The van der Waals surface area contributed by atoms with Gasteiger partial charge in [-0.15, -0.1) is 23.1 Å². The second kappa shape index (κ2) is 7.51. The van der Waals surface area contributed by atoms with Gasteiger partial charge in [0.25, 0.3) is 0 Å². The normalized spacial score (nSPS) is 12.5. The van der Waals surface area contributed by atoms with Crippen LogP contribution in [0.1, 0.15) is 16.1 Å². The van der Waals surface area contributed by atoms with Crippen molar-refractivity contribution in [3.8, 4) is 0 Å². The van der Waals surface area contributed by atoms with Crippen molar-refractivity contribution in [1.82, 2.24) is 4.98 Å². The van der Waals surface area contributed by atoms with Crippen LogP contribution in [0.4, 0.5) is 13.2 Å². The smallest absolute Gasteiger partial charge is 0.416 e. The van der Waals surface area contributed by atoms with Gasteiger partial charge in [0.2, 0.25) is 0 Å². The van der Waals surface area contributed by atoms with Crippen LogP contribution in [-0.2, 0) is 11.0 Å². The number of benzene rings is 2. The highest BCUT2D eigenvalue weighted by molar-refractivity contribution is 8.09. The van der Waals surface area contributed by atoms with Gasteiger partial charge in [-0.25, -0.2) is 4.98 Å². The van der Waals surface area contributed by atoms with E-state index in [1.807, 2.05) is 24.3 Å². The van der Waals surface area contributed by atoms with Crippen molar-refractivity contribution >= 4 is 50.3 Å². The van der Waals surface area contributed by atoms with Gasteiger partial charge in [-0.3, -0.25) is 4.79 Å². The predicted molar refractivity (Wildman–Crippen MR) is 99.0 cm³/mol. The Hall–Kier alpha value is -2.32. The number of halogens is 3. The number of carboxylic acids is 1. The zero-order valence-corrected chi connectivity index (χ0v) is 14.8. The van der Waals surface area contributed by atoms with Crippen molar-refractivity contribution in [2.24, 2.45) is 0 Å². The molecule has 8 heteroatoms. The van der Waals surface area contributed by atoms with Gasteiger partial charge in [0.1, 0.15) is 5.01 Å². The SMILES string of the molecule is O=C(O)CS/C(=C\c1ccc(C(F)(F)F)cc1)c1nc2ccccc2s1. The average Bonchev–Trinajstić information content (AvgIpc) is 3.02. The molecular formula is C18H12F3NO2S2. The Kier molecular flexibility index (Phi) is 5.33. The lowest BCUT2D eigenvalue weighted by Gasteiger charge is -2.07. The van der Waals surface area contributed by atoms with E-state index in [9.17, 15) is 18.0 Å². The molecule has 0 fully saturated rings. The number of thiazole rings is 1. The predicted octanol–water partition coefficient (Wildman–Crippen LogP) is 5.63. The molecule has 0 spiro atoms. The van der Waals surface area contributed by atoms with Crippen LogP contribution in [0.2, 0.25) is 0 Å². The van der Waals surface area contributed by atoms with Gasteiger partial charge in [0, 0.05) is 4.91 Å². The van der Waals surface area contributed by atoms with Gasteiger partial charge in [-0.2, -0.15) is 13.2 Å². The molecule has 0 aliphatic carbocycles. The first-order valence-electron chi connectivity index (χ1n) is 7.42. The summed E-state index contributed by atoms with van der Waals surface area (Å²) in [4.78, 5) is 16.0. The van der Waals surface area contributed by atoms with Crippen LogP contribution >= 0.6 is 23.1 Å². The number of carboxylic acid groups (broad SMARTS) is 1. The largest absolute Gasteiger partial charge is 0.481 e. The minimum absolute atomic E-state index is 0.164. The Morgan fingerprint density at radius 2 is 1.85 bits per heavy atom. The third-order valence-corrected chi connectivity index (χ3v) is 5.60. The summed E-state index contributed by atoms with van der Waals surface area (Å²) in [6, 6.07) is 12.2. The zero-order valence-electron chi connectivity index (χ0n) is 13.2. The second-order valence-electron chi connectivity index (χ2n) is 5.30. The first-order chi connectivity index (χ1) is 12.3. The van der Waals surface area contributed by atoms with Gasteiger partial charge in [0.15, 0.2) is 0 Å². The number of para-hydroxylation sites is 1. The molecule has 1 N–H and O–H groups in total. The molecule has 2 aromatic carbocycles. The number of carbonyl (C=O) groups is 1. The van der Waals surface area contributed by atoms with Crippen LogP contribution in [0.5, 0.6) is 0 Å². The van der Waals surface area contributed by atoms with Gasteiger partial charge in [-0.05, 0) is 35.9 Å². The highest BCUT2D eigenvalue weighted by Crippen LogP contribution is 2.36. The van der Waals surface area contributed by atoms with Crippen molar-refractivity contribution in [3.05, 3.63) is 64.7 Å². The summed E-state index contributed by atoms with van der Waals surface area (Å²) in [5.41, 5.74) is 0.612. The van der Waals surface area contributed by atoms with E-state index < -0.39 is 17.7 Å². The van der Waals surface area contributed by atoms with E-state index in [0.717, 1.165) is 34.1 Å². The minimum Gasteiger partial charge on any atom is -0.481 e. The van der Waals surface area contributed by atoms with E-state index in [4.69, 9.17) is 5.11 Å². The van der Waals surface area contributed by atoms with E-state index in [-0.39, 0.29) is 5.75 Å². The van der Waals surface area contributed by atoms with E-state index >= 15 is 0 Å². The number of hydrogen-bond donors (Lipinski definition) is 1. The molecule has 0 unspecified atom stereocenters. The average molecular weight is 395 g/mol. The van der Waals surface area contributed by atoms with Crippen LogP contribution in [-0.4, -0.2) is 21.8 Å². The molecule has 26 heavy (non-hydrogen) atoms. The van der Waals surface area contributed by atoms with E-state index in [1.165, 1.54) is 23.5 Å². The molecule has 3 aromatic rings. The maximum atomic E-state index is 12.7. The van der Waals surface area contributed by atoms with Gasteiger partial charge < -0.3 is 5.11 Å². The molecule has 1 aromatic heterocycles. The molecule has 0 saturated carbocycles. The summed E-state index contributed by atoms with van der Waals surface area (Å²) >= 11 is 2.50. The first kappa shape index (κ1) is 18.5.